The molecule has 1 aromatic heterocycles. The first-order valence-corrected chi connectivity index (χ1v) is 6.98. The minimum atomic E-state index is -0.248. The largest absolute Gasteiger partial charge is 0.349 e. The predicted molar refractivity (Wildman–Crippen MR) is 81.3 cm³/mol. The Kier molecular flexibility index (Phi) is 4.99. The lowest BCUT2D eigenvalue weighted by Gasteiger charge is -2.14. The van der Waals surface area contributed by atoms with E-state index in [4.69, 9.17) is 23.2 Å². The maximum Gasteiger partial charge on any atom is 0.254 e. The fourth-order valence-electron chi connectivity index (χ4n) is 1.90. The Morgan fingerprint density at radius 2 is 1.90 bits per heavy atom. The Morgan fingerprint density at radius 3 is 2.55 bits per heavy atom. The second-order valence-electron chi connectivity index (χ2n) is 4.54. The SMILES string of the molecule is CC(Cc1ccccc1)NC(=O)c1ccc(Cl)nc1Cl. The lowest BCUT2D eigenvalue weighted by Crippen LogP contribution is -2.34. The molecule has 5 heteroatoms. The number of rotatable bonds is 4. The van der Waals surface area contributed by atoms with E-state index in [1.165, 1.54) is 5.56 Å². The van der Waals surface area contributed by atoms with E-state index in [1.807, 2.05) is 37.3 Å². The molecule has 20 heavy (non-hydrogen) atoms. The van der Waals surface area contributed by atoms with Gasteiger partial charge in [-0.05, 0) is 31.0 Å². The second-order valence-corrected chi connectivity index (χ2v) is 5.28. The van der Waals surface area contributed by atoms with Crippen LogP contribution in [0.1, 0.15) is 22.8 Å². The molecule has 0 saturated carbocycles. The van der Waals surface area contributed by atoms with Gasteiger partial charge < -0.3 is 5.32 Å². The third-order valence-electron chi connectivity index (χ3n) is 2.82. The third-order valence-corrected chi connectivity index (χ3v) is 3.32. The van der Waals surface area contributed by atoms with Gasteiger partial charge in [0.2, 0.25) is 0 Å². The van der Waals surface area contributed by atoms with Gasteiger partial charge in [0.1, 0.15) is 10.3 Å². The number of halogens is 2. The van der Waals surface area contributed by atoms with Crippen molar-refractivity contribution in [2.45, 2.75) is 19.4 Å². The zero-order chi connectivity index (χ0) is 14.5. The summed E-state index contributed by atoms with van der Waals surface area (Å²) < 4.78 is 0. The van der Waals surface area contributed by atoms with E-state index < -0.39 is 0 Å². The average molecular weight is 309 g/mol. The molecule has 2 aromatic rings. The summed E-state index contributed by atoms with van der Waals surface area (Å²) in [6, 6.07) is 13.1. The molecule has 0 fully saturated rings. The zero-order valence-electron chi connectivity index (χ0n) is 10.9. The highest BCUT2D eigenvalue weighted by molar-refractivity contribution is 6.34. The summed E-state index contributed by atoms with van der Waals surface area (Å²) in [6.45, 7) is 1.95. The Labute approximate surface area is 127 Å². The molecule has 1 amide bonds. The van der Waals surface area contributed by atoms with Crippen molar-refractivity contribution >= 4 is 29.1 Å². The van der Waals surface area contributed by atoms with Crippen LogP contribution >= 0.6 is 23.2 Å². The van der Waals surface area contributed by atoms with Gasteiger partial charge in [0.15, 0.2) is 0 Å². The summed E-state index contributed by atoms with van der Waals surface area (Å²) in [5.74, 6) is -0.248. The van der Waals surface area contributed by atoms with E-state index in [1.54, 1.807) is 12.1 Å². The van der Waals surface area contributed by atoms with Gasteiger partial charge in [-0.25, -0.2) is 4.98 Å². The van der Waals surface area contributed by atoms with Crippen LogP contribution < -0.4 is 5.32 Å². The number of hydrogen-bond acceptors (Lipinski definition) is 2. The highest BCUT2D eigenvalue weighted by atomic mass is 35.5. The monoisotopic (exact) mass is 308 g/mol. The van der Waals surface area contributed by atoms with Crippen LogP contribution in [-0.2, 0) is 6.42 Å². The van der Waals surface area contributed by atoms with Crippen molar-refractivity contribution in [3.05, 3.63) is 63.9 Å². The van der Waals surface area contributed by atoms with E-state index in [2.05, 4.69) is 10.3 Å². The zero-order valence-corrected chi connectivity index (χ0v) is 12.4. The second kappa shape index (κ2) is 6.73. The number of amides is 1. The standard InChI is InChI=1S/C15H14Cl2N2O/c1-10(9-11-5-3-2-4-6-11)18-15(20)12-7-8-13(16)19-14(12)17/h2-8,10H,9H2,1H3,(H,18,20). The van der Waals surface area contributed by atoms with Crippen molar-refractivity contribution < 1.29 is 4.79 Å². The van der Waals surface area contributed by atoms with Gasteiger partial charge in [0.25, 0.3) is 5.91 Å². The van der Waals surface area contributed by atoms with E-state index in [0.29, 0.717) is 5.56 Å². The molecule has 0 spiro atoms. The topological polar surface area (TPSA) is 42.0 Å². The molecule has 0 aliphatic carbocycles. The number of carbonyl (C=O) groups excluding carboxylic acids is 1. The first kappa shape index (κ1) is 14.8. The molecule has 1 unspecified atom stereocenters. The first-order chi connectivity index (χ1) is 9.56. The van der Waals surface area contributed by atoms with Gasteiger partial charge in [0.05, 0.1) is 5.56 Å². The number of aromatic nitrogens is 1. The maximum atomic E-state index is 12.1. The van der Waals surface area contributed by atoms with Gasteiger partial charge >= 0.3 is 0 Å². The van der Waals surface area contributed by atoms with Gasteiger partial charge in [-0.3, -0.25) is 4.79 Å². The van der Waals surface area contributed by atoms with Gasteiger partial charge in [0, 0.05) is 6.04 Å². The molecule has 104 valence electrons. The fourth-order valence-corrected chi connectivity index (χ4v) is 2.33. The summed E-state index contributed by atoms with van der Waals surface area (Å²) in [5.41, 5.74) is 1.50. The molecule has 3 nitrogen and oxygen atoms in total. The highest BCUT2D eigenvalue weighted by Gasteiger charge is 2.14. The van der Waals surface area contributed by atoms with Crippen LogP contribution in [0.3, 0.4) is 0 Å². The van der Waals surface area contributed by atoms with Gasteiger partial charge in [-0.15, -0.1) is 0 Å². The van der Waals surface area contributed by atoms with Crippen LogP contribution in [0.15, 0.2) is 42.5 Å². The smallest absolute Gasteiger partial charge is 0.254 e. The lowest BCUT2D eigenvalue weighted by atomic mass is 10.1. The molecule has 1 N–H and O–H groups in total. The molecule has 1 heterocycles. The Balaban J connectivity index is 2.00. The molecular formula is C15H14Cl2N2O. The maximum absolute atomic E-state index is 12.1. The van der Waals surface area contributed by atoms with Crippen molar-refractivity contribution in [3.63, 3.8) is 0 Å². The van der Waals surface area contributed by atoms with Crippen molar-refractivity contribution in [1.82, 2.24) is 10.3 Å². The van der Waals surface area contributed by atoms with E-state index in [0.717, 1.165) is 6.42 Å². The molecule has 0 saturated heterocycles. The Morgan fingerprint density at radius 1 is 1.20 bits per heavy atom. The van der Waals surface area contributed by atoms with E-state index >= 15 is 0 Å². The van der Waals surface area contributed by atoms with Gasteiger partial charge in [-0.1, -0.05) is 53.5 Å². The molecule has 0 aliphatic rings. The highest BCUT2D eigenvalue weighted by Crippen LogP contribution is 2.16. The summed E-state index contributed by atoms with van der Waals surface area (Å²) in [4.78, 5) is 16.0. The summed E-state index contributed by atoms with van der Waals surface area (Å²) in [6.07, 6.45) is 0.755. The Hall–Kier alpha value is -1.58. The number of hydrogen-bond donors (Lipinski definition) is 1. The Bertz CT molecular complexity index is 602. The van der Waals surface area contributed by atoms with Crippen LogP contribution in [0.25, 0.3) is 0 Å². The normalized spacial score (nSPS) is 11.9. The molecule has 0 bridgehead atoms. The van der Waals surface area contributed by atoms with Crippen molar-refractivity contribution in [2.24, 2.45) is 0 Å². The minimum Gasteiger partial charge on any atom is -0.349 e. The summed E-state index contributed by atoms with van der Waals surface area (Å²) in [7, 11) is 0. The molecule has 0 radical (unpaired) electrons. The minimum absolute atomic E-state index is 0.00311. The quantitative estimate of drug-likeness (QED) is 0.874. The van der Waals surface area contributed by atoms with Crippen LogP contribution in [0.2, 0.25) is 10.3 Å². The fraction of sp³-hybridized carbons (Fsp3) is 0.200. The number of pyridine rings is 1. The number of nitrogens with zero attached hydrogens (tertiary/aromatic N) is 1. The molecule has 0 aliphatic heterocycles. The molecule has 2 rings (SSSR count). The van der Waals surface area contributed by atoms with Crippen LogP contribution in [0, 0.1) is 0 Å². The summed E-state index contributed by atoms with van der Waals surface area (Å²) >= 11 is 11.6. The first-order valence-electron chi connectivity index (χ1n) is 6.23. The van der Waals surface area contributed by atoms with E-state index in [-0.39, 0.29) is 22.3 Å². The van der Waals surface area contributed by atoms with Gasteiger partial charge in [-0.2, -0.15) is 0 Å². The molecule has 1 atom stereocenters. The third kappa shape index (κ3) is 3.95. The number of carbonyl (C=O) groups is 1. The molecular weight excluding hydrogens is 295 g/mol. The van der Waals surface area contributed by atoms with Crippen molar-refractivity contribution in [1.29, 1.82) is 0 Å². The number of benzene rings is 1. The van der Waals surface area contributed by atoms with Crippen LogP contribution in [0.4, 0.5) is 0 Å². The average Bonchev–Trinajstić information content (AvgIpc) is 2.39. The lowest BCUT2D eigenvalue weighted by molar-refractivity contribution is 0.0940. The number of nitrogens with one attached hydrogen (secondary N) is 1. The van der Waals surface area contributed by atoms with Crippen molar-refractivity contribution in [2.75, 3.05) is 0 Å². The van der Waals surface area contributed by atoms with Crippen LogP contribution in [-0.4, -0.2) is 16.9 Å². The summed E-state index contributed by atoms with van der Waals surface area (Å²) in [5, 5.41) is 3.28. The predicted octanol–water partition coefficient (Wildman–Crippen LogP) is 3.75. The molecule has 1 aromatic carbocycles. The van der Waals surface area contributed by atoms with E-state index in [9.17, 15) is 4.79 Å². The van der Waals surface area contributed by atoms with Crippen LogP contribution in [0.5, 0.6) is 0 Å². The van der Waals surface area contributed by atoms with Crippen molar-refractivity contribution in [3.8, 4) is 0 Å².